The molecule has 4 heterocycles. The molecule has 0 saturated carbocycles. The van der Waals surface area contributed by atoms with Gasteiger partial charge in [0.2, 0.25) is 11.8 Å². The summed E-state index contributed by atoms with van der Waals surface area (Å²) < 4.78 is 11.6. The van der Waals surface area contributed by atoms with Crippen molar-refractivity contribution in [1.82, 2.24) is 20.2 Å². The Hall–Kier alpha value is -3.96. The monoisotopic (exact) mass is 558 g/mol. The van der Waals surface area contributed by atoms with Crippen molar-refractivity contribution in [3.8, 4) is 11.5 Å². The molecule has 1 unspecified atom stereocenters. The average Bonchev–Trinajstić information content (AvgIpc) is 3.55. The van der Waals surface area contributed by atoms with Crippen LogP contribution in [0.15, 0.2) is 59.1 Å². The molecule has 0 bridgehead atoms. The summed E-state index contributed by atoms with van der Waals surface area (Å²) in [6.45, 7) is 3.56. The van der Waals surface area contributed by atoms with E-state index < -0.39 is 11.6 Å². The number of aromatic nitrogens is 4. The lowest BCUT2D eigenvalue weighted by atomic mass is 9.95. The van der Waals surface area contributed by atoms with Crippen LogP contribution in [0.1, 0.15) is 66.0 Å². The number of thioether (sulfide) groups is 1. The summed E-state index contributed by atoms with van der Waals surface area (Å²) in [4.78, 5) is 21.5. The maximum atomic E-state index is 12.2. The Labute approximate surface area is 236 Å². The van der Waals surface area contributed by atoms with Crippen LogP contribution in [0.2, 0.25) is 0 Å². The zero-order valence-corrected chi connectivity index (χ0v) is 23.1. The number of aliphatic hydroxyl groups is 1. The maximum Gasteiger partial charge on any atom is 0.339 e. The van der Waals surface area contributed by atoms with Crippen molar-refractivity contribution in [3.05, 3.63) is 77.3 Å². The minimum absolute atomic E-state index is 0.154. The molecule has 11 heteroatoms. The number of fused-ring (bicyclic) bond motifs is 1. The largest absolute Gasteiger partial charge is 0.451 e. The molecule has 0 spiro atoms. The second kappa shape index (κ2) is 10.9. The molecule has 0 radical (unpaired) electrons. The fourth-order valence-corrected chi connectivity index (χ4v) is 6.12. The Morgan fingerprint density at radius 1 is 1.10 bits per heavy atom. The van der Waals surface area contributed by atoms with E-state index >= 15 is 0 Å². The first-order chi connectivity index (χ1) is 19.4. The topological polar surface area (TPSA) is 135 Å². The zero-order valence-electron chi connectivity index (χ0n) is 22.3. The molecule has 2 aromatic carbocycles. The van der Waals surface area contributed by atoms with Gasteiger partial charge in [0.05, 0.1) is 23.8 Å². The highest BCUT2D eigenvalue weighted by atomic mass is 32.2. The van der Waals surface area contributed by atoms with Gasteiger partial charge in [0.1, 0.15) is 11.4 Å². The summed E-state index contributed by atoms with van der Waals surface area (Å²) >= 11 is 1.94. The summed E-state index contributed by atoms with van der Waals surface area (Å²) in [5.74, 6) is 3.78. The summed E-state index contributed by atoms with van der Waals surface area (Å²) in [6.07, 6.45) is 3.65. The van der Waals surface area contributed by atoms with Gasteiger partial charge in [0.15, 0.2) is 0 Å². The van der Waals surface area contributed by atoms with Gasteiger partial charge in [-0.2, -0.15) is 16.7 Å². The Balaban J connectivity index is 1.34. The lowest BCUT2D eigenvalue weighted by Gasteiger charge is -2.20. The van der Waals surface area contributed by atoms with Gasteiger partial charge in [-0.25, -0.2) is 9.78 Å². The second-order valence-electron chi connectivity index (χ2n) is 10.4. The van der Waals surface area contributed by atoms with Gasteiger partial charge in [-0.1, -0.05) is 30.3 Å². The first kappa shape index (κ1) is 26.3. The highest BCUT2D eigenvalue weighted by Gasteiger charge is 2.37. The molecule has 2 aromatic heterocycles. The number of esters is 1. The van der Waals surface area contributed by atoms with Crippen LogP contribution in [0, 0.1) is 0 Å². The van der Waals surface area contributed by atoms with Gasteiger partial charge >= 0.3 is 5.97 Å². The molecule has 4 aromatic rings. The van der Waals surface area contributed by atoms with E-state index in [1.54, 1.807) is 18.3 Å². The third-order valence-electron chi connectivity index (χ3n) is 7.22. The molecule has 6 rings (SSSR count). The van der Waals surface area contributed by atoms with E-state index in [0.29, 0.717) is 40.4 Å². The molecule has 10 nitrogen and oxygen atoms in total. The van der Waals surface area contributed by atoms with Crippen molar-refractivity contribution in [2.75, 3.05) is 28.7 Å². The summed E-state index contributed by atoms with van der Waals surface area (Å²) in [5, 5.41) is 25.5. The van der Waals surface area contributed by atoms with Crippen molar-refractivity contribution < 1.29 is 19.1 Å². The van der Waals surface area contributed by atoms with E-state index in [1.807, 2.05) is 62.0 Å². The SMILES string of the molecule is CC1(C)OC(=O)c2ccc(Nc3ncc(-c4nnc(C5CCSCC5)o4)c(NC(CO)c4ccccc4)n3)cc21. The quantitative estimate of drug-likeness (QED) is 0.239. The Kier molecular flexibility index (Phi) is 7.16. The lowest BCUT2D eigenvalue weighted by Crippen LogP contribution is -2.17. The van der Waals surface area contributed by atoms with Gasteiger partial charge in [0.25, 0.3) is 5.89 Å². The molecule has 40 heavy (non-hydrogen) atoms. The van der Waals surface area contributed by atoms with Crippen LogP contribution in [0.3, 0.4) is 0 Å². The van der Waals surface area contributed by atoms with Crippen molar-refractivity contribution in [2.24, 2.45) is 0 Å². The molecule has 206 valence electrons. The average molecular weight is 559 g/mol. The molecule has 0 amide bonds. The fourth-order valence-electron chi connectivity index (χ4n) is 5.02. The minimum atomic E-state index is -0.724. The van der Waals surface area contributed by atoms with E-state index in [-0.39, 0.29) is 18.5 Å². The van der Waals surface area contributed by atoms with E-state index in [0.717, 1.165) is 35.5 Å². The number of rotatable bonds is 8. The summed E-state index contributed by atoms with van der Waals surface area (Å²) in [7, 11) is 0. The first-order valence-electron chi connectivity index (χ1n) is 13.3. The smallest absolute Gasteiger partial charge is 0.339 e. The molecule has 0 aliphatic carbocycles. The number of aliphatic hydroxyl groups excluding tert-OH is 1. The molecule has 1 fully saturated rings. The van der Waals surface area contributed by atoms with Crippen LogP contribution in [-0.4, -0.2) is 49.4 Å². The molecule has 1 saturated heterocycles. The van der Waals surface area contributed by atoms with Crippen molar-refractivity contribution in [1.29, 1.82) is 0 Å². The van der Waals surface area contributed by atoms with Crippen molar-refractivity contribution >= 4 is 35.2 Å². The molecular weight excluding hydrogens is 528 g/mol. The van der Waals surface area contributed by atoms with Crippen LogP contribution < -0.4 is 10.6 Å². The molecule has 1 atom stereocenters. The number of benzene rings is 2. The number of carbonyl (C=O) groups is 1. The minimum Gasteiger partial charge on any atom is -0.451 e. The van der Waals surface area contributed by atoms with Crippen molar-refractivity contribution in [3.63, 3.8) is 0 Å². The highest BCUT2D eigenvalue weighted by molar-refractivity contribution is 7.99. The third kappa shape index (κ3) is 5.26. The molecular formula is C29H30N6O4S. The molecule has 2 aliphatic heterocycles. The number of carbonyl (C=O) groups excluding carboxylic acids is 1. The van der Waals surface area contributed by atoms with Gasteiger partial charge in [-0.15, -0.1) is 10.2 Å². The van der Waals surface area contributed by atoms with Crippen LogP contribution in [-0.2, 0) is 10.3 Å². The number of nitrogens with one attached hydrogen (secondary N) is 2. The summed E-state index contributed by atoms with van der Waals surface area (Å²) in [5.41, 5.74) is 2.77. The standard InChI is InChI=1S/C29H30N6O4S/c1-29(2)22-14-19(8-9-20(22)27(37)39-29)31-28-30-15-21(26-35-34-25(38-26)18-10-12-40-13-11-18)24(33-28)32-23(16-36)17-6-4-3-5-7-17/h3-9,14-15,18,23,36H,10-13,16H2,1-2H3,(H2,30,31,32,33). The lowest BCUT2D eigenvalue weighted by molar-refractivity contribution is 0.00954. The van der Waals surface area contributed by atoms with Crippen LogP contribution in [0.4, 0.5) is 17.5 Å². The van der Waals surface area contributed by atoms with Crippen molar-refractivity contribution in [2.45, 2.75) is 44.2 Å². The number of ether oxygens (including phenoxy) is 1. The first-order valence-corrected chi connectivity index (χ1v) is 14.4. The number of nitrogens with zero attached hydrogens (tertiary/aromatic N) is 4. The van der Waals surface area contributed by atoms with Crippen LogP contribution in [0.5, 0.6) is 0 Å². The van der Waals surface area contributed by atoms with Crippen LogP contribution in [0.25, 0.3) is 11.5 Å². The third-order valence-corrected chi connectivity index (χ3v) is 8.27. The van der Waals surface area contributed by atoms with Gasteiger partial charge in [-0.3, -0.25) is 0 Å². The van der Waals surface area contributed by atoms with E-state index in [1.165, 1.54) is 0 Å². The van der Waals surface area contributed by atoms with Gasteiger partial charge in [-0.05, 0) is 62.0 Å². The van der Waals surface area contributed by atoms with E-state index in [9.17, 15) is 9.90 Å². The Morgan fingerprint density at radius 3 is 2.67 bits per heavy atom. The number of hydrogen-bond acceptors (Lipinski definition) is 11. The number of hydrogen-bond donors (Lipinski definition) is 3. The van der Waals surface area contributed by atoms with Crippen LogP contribution >= 0.6 is 11.8 Å². The van der Waals surface area contributed by atoms with E-state index in [4.69, 9.17) is 14.1 Å². The molecule has 3 N–H and O–H groups in total. The second-order valence-corrected chi connectivity index (χ2v) is 11.6. The van der Waals surface area contributed by atoms with E-state index in [2.05, 4.69) is 25.8 Å². The van der Waals surface area contributed by atoms with Gasteiger partial charge < -0.3 is 24.9 Å². The predicted molar refractivity (Wildman–Crippen MR) is 153 cm³/mol. The normalized spacial score (nSPS) is 17.2. The highest BCUT2D eigenvalue weighted by Crippen LogP contribution is 2.38. The Bertz CT molecular complexity index is 1520. The Morgan fingerprint density at radius 2 is 1.90 bits per heavy atom. The molecule has 2 aliphatic rings. The van der Waals surface area contributed by atoms with Gasteiger partial charge in [0, 0.05) is 23.4 Å². The zero-order chi connectivity index (χ0) is 27.7. The predicted octanol–water partition coefficient (Wildman–Crippen LogP) is 5.43. The number of anilines is 3. The summed E-state index contributed by atoms with van der Waals surface area (Å²) in [6, 6.07) is 14.6. The fraction of sp³-hybridized carbons (Fsp3) is 0.345. The number of cyclic esters (lactones) is 1. The maximum absolute atomic E-state index is 12.2.